The van der Waals surface area contributed by atoms with Crippen molar-refractivity contribution in [1.82, 2.24) is 31.6 Å². The van der Waals surface area contributed by atoms with Crippen molar-refractivity contribution in [2.75, 3.05) is 11.5 Å². The van der Waals surface area contributed by atoms with Crippen LogP contribution in [0.2, 0.25) is 0 Å². The monoisotopic (exact) mass is 714 g/mol. The normalized spacial score (nSPS) is 24.9. The molecular formula is C34H50N8O7S. The Labute approximate surface area is 295 Å². The number of nitrogens with one attached hydrogen (secondary N) is 6. The summed E-state index contributed by atoms with van der Waals surface area (Å²) in [7, 11) is 0. The number of aromatic nitrogens is 1. The zero-order valence-electron chi connectivity index (χ0n) is 29.0. The van der Waals surface area contributed by atoms with E-state index in [4.69, 9.17) is 11.5 Å². The van der Waals surface area contributed by atoms with Crippen molar-refractivity contribution in [3.05, 3.63) is 36.0 Å². The highest BCUT2D eigenvalue weighted by Gasteiger charge is 2.36. The molecule has 3 rings (SSSR count). The van der Waals surface area contributed by atoms with Crippen molar-refractivity contribution in [3.8, 4) is 0 Å². The minimum absolute atomic E-state index is 0.0501. The van der Waals surface area contributed by atoms with Crippen LogP contribution in [-0.4, -0.2) is 88.0 Å². The van der Waals surface area contributed by atoms with E-state index in [1.807, 2.05) is 38.1 Å². The lowest BCUT2D eigenvalue weighted by Crippen LogP contribution is -2.61. The van der Waals surface area contributed by atoms with Gasteiger partial charge in [-0.05, 0) is 35.6 Å². The molecule has 1 aromatic carbocycles. The fourth-order valence-electron chi connectivity index (χ4n) is 5.59. The third-order valence-corrected chi connectivity index (χ3v) is 10.1. The number of carbonyl (C=O) groups excluding carboxylic acids is 7. The number of benzene rings is 1. The van der Waals surface area contributed by atoms with E-state index < -0.39 is 78.0 Å². The molecular weight excluding hydrogens is 664 g/mol. The van der Waals surface area contributed by atoms with Crippen LogP contribution >= 0.6 is 11.8 Å². The Morgan fingerprint density at radius 1 is 0.800 bits per heavy atom. The molecule has 7 amide bonds. The van der Waals surface area contributed by atoms with Gasteiger partial charge in [-0.25, -0.2) is 0 Å². The van der Waals surface area contributed by atoms with E-state index in [1.54, 1.807) is 20.0 Å². The largest absolute Gasteiger partial charge is 0.370 e. The molecule has 1 aliphatic rings. The fraction of sp³-hybridized carbons (Fsp3) is 0.559. The van der Waals surface area contributed by atoms with Gasteiger partial charge in [-0.2, -0.15) is 11.8 Å². The number of thioether (sulfide) groups is 1. The maximum Gasteiger partial charge on any atom is 0.243 e. The molecule has 0 bridgehead atoms. The second-order valence-corrected chi connectivity index (χ2v) is 14.0. The Morgan fingerprint density at radius 2 is 1.40 bits per heavy atom. The van der Waals surface area contributed by atoms with Crippen LogP contribution < -0.4 is 38.1 Å². The second kappa shape index (κ2) is 19.0. The van der Waals surface area contributed by atoms with E-state index in [1.165, 1.54) is 11.8 Å². The summed E-state index contributed by atoms with van der Waals surface area (Å²) in [5.41, 5.74) is 12.6. The number of hydrogen-bond donors (Lipinski definition) is 8. The number of nitrogens with two attached hydrogens (primary N) is 2. The van der Waals surface area contributed by atoms with E-state index in [2.05, 4.69) is 31.6 Å². The van der Waals surface area contributed by atoms with Crippen molar-refractivity contribution in [3.63, 3.8) is 0 Å². The van der Waals surface area contributed by atoms with E-state index in [0.29, 0.717) is 24.3 Å². The number of aromatic amines is 1. The smallest absolute Gasteiger partial charge is 0.243 e. The minimum Gasteiger partial charge on any atom is -0.370 e. The quantitative estimate of drug-likeness (QED) is 0.177. The third-order valence-electron chi connectivity index (χ3n) is 9.06. The molecule has 2 heterocycles. The summed E-state index contributed by atoms with van der Waals surface area (Å²) < 4.78 is 0. The maximum atomic E-state index is 14.0. The van der Waals surface area contributed by atoms with Gasteiger partial charge in [0, 0.05) is 35.7 Å². The van der Waals surface area contributed by atoms with E-state index in [-0.39, 0.29) is 31.1 Å². The Kier molecular flexibility index (Phi) is 15.1. The van der Waals surface area contributed by atoms with Crippen LogP contribution in [0.3, 0.4) is 0 Å². The van der Waals surface area contributed by atoms with Crippen LogP contribution in [0.15, 0.2) is 30.5 Å². The first kappa shape index (κ1) is 39.8. The predicted octanol–water partition coefficient (Wildman–Crippen LogP) is 0.114. The second-order valence-electron chi connectivity index (χ2n) is 12.8. The molecule has 50 heavy (non-hydrogen) atoms. The summed E-state index contributed by atoms with van der Waals surface area (Å²) in [5, 5.41) is 14.3. The standard InChI is InChI=1S/C34H50N8O7S/c1-5-18(3)28-33(48)40-25(16-26(35)43)31(46)39-23(30(36)45)11-13-50-14-12-27(44)38-24(15-20-17-37-22-10-8-7-9-21(20)22)32(47)41-29(19(4)6-2)34(49)42-28/h7-10,17-19,23-25,28-29,37H,5-6,11-16H2,1-4H3,(H2,35,43)(H2,36,45)(H,38,44)(H,39,46)(H,40,48)(H,41,47)(H,42,49)/t18-,19+,23+,24?,25?,28+,29+/m1/s1. The molecule has 1 aliphatic heterocycles. The lowest BCUT2D eigenvalue weighted by molar-refractivity contribution is -0.137. The SMILES string of the molecule is CC[C@@H](C)[C@@H]1NC(=O)[C@H]([C@@H](C)CC)NC(=O)C(Cc2c[nH]c3ccccc23)NC(=O)CCSCC[C@@H](C(N)=O)NC(=O)C(CC(N)=O)NC1=O. The molecule has 2 aromatic rings. The Bertz CT molecular complexity index is 1550. The molecule has 1 fully saturated rings. The summed E-state index contributed by atoms with van der Waals surface area (Å²) >= 11 is 1.34. The number of primary amides is 2. The lowest BCUT2D eigenvalue weighted by atomic mass is 9.94. The van der Waals surface area contributed by atoms with Gasteiger partial charge in [0.15, 0.2) is 0 Å². The molecule has 0 aliphatic carbocycles. The van der Waals surface area contributed by atoms with Crippen LogP contribution in [-0.2, 0) is 40.0 Å². The van der Waals surface area contributed by atoms with Gasteiger partial charge in [-0.3, -0.25) is 33.6 Å². The topological polar surface area (TPSA) is 247 Å². The summed E-state index contributed by atoms with van der Waals surface area (Å²) in [5.74, 6) is -5.05. The van der Waals surface area contributed by atoms with Crippen molar-refractivity contribution in [2.45, 2.75) is 96.4 Å². The summed E-state index contributed by atoms with van der Waals surface area (Å²) in [6, 6.07) is 1.69. The van der Waals surface area contributed by atoms with Crippen LogP contribution in [0.1, 0.15) is 65.4 Å². The number of rotatable bonds is 9. The van der Waals surface area contributed by atoms with E-state index in [0.717, 1.165) is 16.5 Å². The van der Waals surface area contributed by atoms with Gasteiger partial charge < -0.3 is 43.0 Å². The molecule has 10 N–H and O–H groups in total. The van der Waals surface area contributed by atoms with E-state index >= 15 is 0 Å². The van der Waals surface area contributed by atoms with Crippen LogP contribution in [0.5, 0.6) is 0 Å². The van der Waals surface area contributed by atoms with Gasteiger partial charge in [0.05, 0.1) is 6.42 Å². The van der Waals surface area contributed by atoms with Crippen molar-refractivity contribution in [1.29, 1.82) is 0 Å². The van der Waals surface area contributed by atoms with Crippen molar-refractivity contribution in [2.24, 2.45) is 23.3 Å². The summed E-state index contributed by atoms with van der Waals surface area (Å²) in [6.07, 6.45) is 2.46. The average Bonchev–Trinajstić information content (AvgIpc) is 3.49. The number of hydrogen-bond acceptors (Lipinski definition) is 8. The molecule has 15 nitrogen and oxygen atoms in total. The van der Waals surface area contributed by atoms with E-state index in [9.17, 15) is 33.6 Å². The fourth-order valence-corrected chi connectivity index (χ4v) is 6.53. The molecule has 0 saturated carbocycles. The number of amides is 7. The van der Waals surface area contributed by atoms with Crippen molar-refractivity contribution < 1.29 is 33.6 Å². The van der Waals surface area contributed by atoms with Crippen molar-refractivity contribution >= 4 is 64.0 Å². The first-order chi connectivity index (χ1) is 23.7. The van der Waals surface area contributed by atoms with Gasteiger partial charge in [0.25, 0.3) is 0 Å². The molecule has 7 atom stereocenters. The molecule has 274 valence electrons. The summed E-state index contributed by atoms with van der Waals surface area (Å²) in [6.45, 7) is 7.19. The van der Waals surface area contributed by atoms with Gasteiger partial charge in [0.2, 0.25) is 41.4 Å². The summed E-state index contributed by atoms with van der Waals surface area (Å²) in [4.78, 5) is 95.3. The minimum atomic E-state index is -1.46. The highest BCUT2D eigenvalue weighted by molar-refractivity contribution is 7.99. The number of fused-ring (bicyclic) bond motifs is 1. The highest BCUT2D eigenvalue weighted by atomic mass is 32.2. The van der Waals surface area contributed by atoms with Gasteiger partial charge in [-0.15, -0.1) is 0 Å². The van der Waals surface area contributed by atoms with Crippen LogP contribution in [0.4, 0.5) is 0 Å². The van der Waals surface area contributed by atoms with Gasteiger partial charge in [0.1, 0.15) is 30.2 Å². The van der Waals surface area contributed by atoms with Crippen LogP contribution in [0, 0.1) is 11.8 Å². The zero-order chi connectivity index (χ0) is 37.0. The Balaban J connectivity index is 2.00. The highest BCUT2D eigenvalue weighted by Crippen LogP contribution is 2.20. The maximum absolute atomic E-state index is 14.0. The molecule has 0 spiro atoms. The lowest BCUT2D eigenvalue weighted by Gasteiger charge is -2.31. The van der Waals surface area contributed by atoms with Gasteiger partial charge >= 0.3 is 0 Å². The van der Waals surface area contributed by atoms with Crippen LogP contribution in [0.25, 0.3) is 10.9 Å². The molecule has 1 saturated heterocycles. The van der Waals surface area contributed by atoms with Gasteiger partial charge in [-0.1, -0.05) is 58.7 Å². The Morgan fingerprint density at radius 3 is 2.02 bits per heavy atom. The number of H-pyrrole nitrogens is 1. The predicted molar refractivity (Wildman–Crippen MR) is 190 cm³/mol. The molecule has 2 unspecified atom stereocenters. The zero-order valence-corrected chi connectivity index (χ0v) is 29.8. The number of para-hydroxylation sites is 1. The average molecular weight is 715 g/mol. The Hall–Kier alpha value is -4.60. The third kappa shape index (κ3) is 11.2. The molecule has 16 heteroatoms. The number of carbonyl (C=O) groups is 7. The first-order valence-corrected chi connectivity index (χ1v) is 18.1. The molecule has 0 radical (unpaired) electrons. The molecule has 1 aromatic heterocycles. The first-order valence-electron chi connectivity index (χ1n) is 17.0.